The second-order valence-corrected chi connectivity index (χ2v) is 6.23. The van der Waals surface area contributed by atoms with Gasteiger partial charge < -0.3 is 10.4 Å². The van der Waals surface area contributed by atoms with E-state index in [1.54, 1.807) is 0 Å². The van der Waals surface area contributed by atoms with Crippen LogP contribution in [0.15, 0.2) is 18.2 Å². The Morgan fingerprint density at radius 2 is 2.00 bits per heavy atom. The molecule has 22 heavy (non-hydrogen) atoms. The van der Waals surface area contributed by atoms with Crippen LogP contribution in [0.2, 0.25) is 0 Å². The minimum absolute atomic E-state index is 0.0434. The predicted molar refractivity (Wildman–Crippen MR) is 90.1 cm³/mol. The van der Waals surface area contributed by atoms with Crippen molar-refractivity contribution >= 4 is 11.6 Å². The number of amides is 1. The molecule has 0 aliphatic carbocycles. The number of carbonyl (C=O) groups excluding carboxylic acids is 1. The number of para-hydroxylation sites is 1. The van der Waals surface area contributed by atoms with Gasteiger partial charge in [-0.1, -0.05) is 32.0 Å². The molecule has 1 fully saturated rings. The number of anilines is 1. The molecule has 0 bridgehead atoms. The Kier molecular flexibility index (Phi) is 5.98. The van der Waals surface area contributed by atoms with Crippen molar-refractivity contribution in [3.63, 3.8) is 0 Å². The molecule has 2 unspecified atom stereocenters. The normalized spacial score (nSPS) is 20.1. The quantitative estimate of drug-likeness (QED) is 0.849. The standard InChI is InChI=1S/C18H28N2O2/c1-4-14-7-6-8-15(5-2)18(14)19-17(22)12-20-10-9-16(11-20)13(3)21/h6-8,13,16,21H,4-5,9-12H2,1-3H3,(H,19,22). The molecule has 122 valence electrons. The first-order chi connectivity index (χ1) is 10.5. The highest BCUT2D eigenvalue weighted by Gasteiger charge is 2.27. The van der Waals surface area contributed by atoms with Crippen molar-refractivity contribution in [3.8, 4) is 0 Å². The predicted octanol–water partition coefficient (Wildman–Crippen LogP) is 2.45. The molecular weight excluding hydrogens is 276 g/mol. The lowest BCUT2D eigenvalue weighted by atomic mass is 10.0. The van der Waals surface area contributed by atoms with Gasteiger partial charge in [-0.3, -0.25) is 9.69 Å². The number of carbonyl (C=O) groups is 1. The highest BCUT2D eigenvalue weighted by molar-refractivity contribution is 5.93. The summed E-state index contributed by atoms with van der Waals surface area (Å²) in [6, 6.07) is 6.21. The molecule has 0 radical (unpaired) electrons. The molecule has 1 heterocycles. The number of nitrogens with one attached hydrogen (secondary N) is 1. The maximum absolute atomic E-state index is 12.4. The van der Waals surface area contributed by atoms with E-state index in [-0.39, 0.29) is 12.0 Å². The van der Waals surface area contributed by atoms with Crippen LogP contribution in [0, 0.1) is 5.92 Å². The van der Waals surface area contributed by atoms with Gasteiger partial charge in [0.15, 0.2) is 0 Å². The zero-order valence-corrected chi connectivity index (χ0v) is 13.9. The zero-order chi connectivity index (χ0) is 16.1. The highest BCUT2D eigenvalue weighted by Crippen LogP contribution is 2.23. The zero-order valence-electron chi connectivity index (χ0n) is 13.9. The van der Waals surface area contributed by atoms with E-state index in [9.17, 15) is 9.90 Å². The van der Waals surface area contributed by atoms with E-state index in [4.69, 9.17) is 0 Å². The van der Waals surface area contributed by atoms with E-state index in [0.717, 1.165) is 38.0 Å². The molecule has 1 aromatic carbocycles. The average Bonchev–Trinajstić information content (AvgIpc) is 2.96. The van der Waals surface area contributed by atoms with Crippen LogP contribution in [0.3, 0.4) is 0 Å². The summed E-state index contributed by atoms with van der Waals surface area (Å²) in [6.45, 7) is 8.15. The van der Waals surface area contributed by atoms with Crippen molar-refractivity contribution < 1.29 is 9.90 Å². The van der Waals surface area contributed by atoms with Gasteiger partial charge in [-0.25, -0.2) is 0 Å². The van der Waals surface area contributed by atoms with Gasteiger partial charge in [-0.15, -0.1) is 0 Å². The van der Waals surface area contributed by atoms with E-state index < -0.39 is 0 Å². The Hall–Kier alpha value is -1.39. The first-order valence-electron chi connectivity index (χ1n) is 8.36. The third-order valence-corrected chi connectivity index (χ3v) is 4.62. The molecule has 1 saturated heterocycles. The first-order valence-corrected chi connectivity index (χ1v) is 8.36. The van der Waals surface area contributed by atoms with Gasteiger partial charge in [-0.2, -0.15) is 0 Å². The summed E-state index contributed by atoms with van der Waals surface area (Å²) in [5.74, 6) is 0.337. The van der Waals surface area contributed by atoms with Crippen LogP contribution in [0.25, 0.3) is 0 Å². The lowest BCUT2D eigenvalue weighted by Gasteiger charge is -2.19. The smallest absolute Gasteiger partial charge is 0.238 e. The number of hydrogen-bond donors (Lipinski definition) is 2. The molecule has 4 nitrogen and oxygen atoms in total. The minimum Gasteiger partial charge on any atom is -0.393 e. The van der Waals surface area contributed by atoms with Gasteiger partial charge in [0, 0.05) is 12.2 Å². The van der Waals surface area contributed by atoms with E-state index in [2.05, 4.69) is 42.3 Å². The van der Waals surface area contributed by atoms with Crippen LogP contribution in [0.4, 0.5) is 5.69 Å². The average molecular weight is 304 g/mol. The molecule has 1 aromatic rings. The van der Waals surface area contributed by atoms with Crippen molar-refractivity contribution in [2.45, 2.75) is 46.1 Å². The molecular formula is C18H28N2O2. The SMILES string of the molecule is CCc1cccc(CC)c1NC(=O)CN1CCC(C(C)O)C1. The molecule has 1 aliphatic heterocycles. The largest absolute Gasteiger partial charge is 0.393 e. The van der Waals surface area contributed by atoms with Gasteiger partial charge in [0.2, 0.25) is 5.91 Å². The van der Waals surface area contributed by atoms with Gasteiger partial charge in [-0.05, 0) is 49.8 Å². The fourth-order valence-electron chi connectivity index (χ4n) is 3.19. The van der Waals surface area contributed by atoms with Gasteiger partial charge in [0.1, 0.15) is 0 Å². The summed E-state index contributed by atoms with van der Waals surface area (Å²) < 4.78 is 0. The second kappa shape index (κ2) is 7.75. The molecule has 2 rings (SSSR count). The van der Waals surface area contributed by atoms with Gasteiger partial charge in [0.25, 0.3) is 0 Å². The number of aliphatic hydroxyl groups is 1. The first kappa shape index (κ1) is 17.0. The Morgan fingerprint density at radius 3 is 2.50 bits per heavy atom. The van der Waals surface area contributed by atoms with E-state index in [1.165, 1.54) is 11.1 Å². The number of benzene rings is 1. The van der Waals surface area contributed by atoms with Gasteiger partial charge >= 0.3 is 0 Å². The Morgan fingerprint density at radius 1 is 1.36 bits per heavy atom. The van der Waals surface area contributed by atoms with Crippen LogP contribution in [0.5, 0.6) is 0 Å². The maximum Gasteiger partial charge on any atom is 0.238 e. The number of hydrogen-bond acceptors (Lipinski definition) is 3. The lowest BCUT2D eigenvalue weighted by molar-refractivity contribution is -0.117. The van der Waals surface area contributed by atoms with Crippen LogP contribution in [-0.2, 0) is 17.6 Å². The number of rotatable bonds is 6. The van der Waals surface area contributed by atoms with Crippen molar-refractivity contribution in [3.05, 3.63) is 29.3 Å². The van der Waals surface area contributed by atoms with Crippen molar-refractivity contribution in [1.29, 1.82) is 0 Å². The van der Waals surface area contributed by atoms with Crippen molar-refractivity contribution in [2.75, 3.05) is 25.0 Å². The second-order valence-electron chi connectivity index (χ2n) is 6.23. The van der Waals surface area contributed by atoms with Crippen LogP contribution < -0.4 is 5.32 Å². The molecule has 0 spiro atoms. The third-order valence-electron chi connectivity index (χ3n) is 4.62. The van der Waals surface area contributed by atoms with E-state index in [0.29, 0.717) is 12.5 Å². The number of aryl methyl sites for hydroxylation is 2. The van der Waals surface area contributed by atoms with Crippen LogP contribution in [-0.4, -0.2) is 41.7 Å². The fraction of sp³-hybridized carbons (Fsp3) is 0.611. The molecule has 1 aliphatic rings. The summed E-state index contributed by atoms with van der Waals surface area (Å²) in [5.41, 5.74) is 3.37. The molecule has 2 N–H and O–H groups in total. The Bertz CT molecular complexity index is 492. The molecule has 0 aromatic heterocycles. The number of aliphatic hydroxyl groups excluding tert-OH is 1. The monoisotopic (exact) mass is 304 g/mol. The Balaban J connectivity index is 1.98. The van der Waals surface area contributed by atoms with Crippen LogP contribution in [0.1, 0.15) is 38.3 Å². The topological polar surface area (TPSA) is 52.6 Å². The van der Waals surface area contributed by atoms with Crippen LogP contribution >= 0.6 is 0 Å². The maximum atomic E-state index is 12.4. The molecule has 0 saturated carbocycles. The van der Waals surface area contributed by atoms with Crippen molar-refractivity contribution in [2.24, 2.45) is 5.92 Å². The summed E-state index contributed by atoms with van der Waals surface area (Å²) in [5, 5.41) is 12.8. The third kappa shape index (κ3) is 4.08. The molecule has 4 heteroatoms. The fourth-order valence-corrected chi connectivity index (χ4v) is 3.19. The summed E-state index contributed by atoms with van der Waals surface area (Å²) in [6.07, 6.45) is 2.51. The van der Waals surface area contributed by atoms with E-state index in [1.807, 2.05) is 6.92 Å². The highest BCUT2D eigenvalue weighted by atomic mass is 16.3. The molecule has 2 atom stereocenters. The number of nitrogens with zero attached hydrogens (tertiary/aromatic N) is 1. The lowest BCUT2D eigenvalue weighted by Crippen LogP contribution is -2.33. The van der Waals surface area contributed by atoms with Crippen molar-refractivity contribution in [1.82, 2.24) is 4.90 Å². The van der Waals surface area contributed by atoms with Gasteiger partial charge in [0.05, 0.1) is 12.6 Å². The Labute approximate surface area is 133 Å². The summed E-state index contributed by atoms with van der Waals surface area (Å²) in [7, 11) is 0. The number of likely N-dealkylation sites (tertiary alicyclic amines) is 1. The summed E-state index contributed by atoms with van der Waals surface area (Å²) in [4.78, 5) is 14.5. The minimum atomic E-state index is -0.291. The van der Waals surface area contributed by atoms with E-state index >= 15 is 0 Å². The molecule has 1 amide bonds. The summed E-state index contributed by atoms with van der Waals surface area (Å²) >= 11 is 0.